The van der Waals surface area contributed by atoms with E-state index in [2.05, 4.69) is 12.2 Å². The van der Waals surface area contributed by atoms with Gasteiger partial charge in [0.2, 0.25) is 0 Å². The number of nitrogens with one attached hydrogen (secondary N) is 1. The van der Waals surface area contributed by atoms with Crippen LogP contribution in [0.2, 0.25) is 5.02 Å². The Morgan fingerprint density at radius 1 is 1.03 bits per heavy atom. The molecule has 0 spiro atoms. The molecule has 5 heteroatoms. The molecule has 0 heterocycles. The maximum atomic E-state index is 13.1. The van der Waals surface area contributed by atoms with Crippen molar-refractivity contribution in [2.45, 2.75) is 64.6 Å². The van der Waals surface area contributed by atoms with E-state index < -0.39 is 0 Å². The first kappa shape index (κ1) is 22.0. The molecule has 1 atom stereocenters. The lowest BCUT2D eigenvalue weighted by Gasteiger charge is -2.59. The van der Waals surface area contributed by atoms with E-state index in [1.165, 1.54) is 50.7 Å². The number of ether oxygens (including phenoxy) is 2. The van der Waals surface area contributed by atoms with Crippen LogP contribution in [0.4, 0.5) is 4.39 Å². The first-order valence-electron chi connectivity index (χ1n) is 11.9. The van der Waals surface area contributed by atoms with Crippen LogP contribution in [0.25, 0.3) is 0 Å². The number of halogens is 2. The number of hydrogen-bond acceptors (Lipinski definition) is 3. The average Bonchev–Trinajstić information content (AvgIpc) is 2.76. The van der Waals surface area contributed by atoms with Gasteiger partial charge in [-0.05, 0) is 104 Å². The Hall–Kier alpha value is -1.78. The zero-order valence-electron chi connectivity index (χ0n) is 19.0. The molecule has 4 aliphatic carbocycles. The lowest BCUT2D eigenvalue weighted by atomic mass is 9.48. The minimum atomic E-state index is -0.260. The van der Waals surface area contributed by atoms with Gasteiger partial charge in [0.1, 0.15) is 12.4 Å². The molecule has 2 aromatic carbocycles. The van der Waals surface area contributed by atoms with Gasteiger partial charge in [-0.15, -0.1) is 0 Å². The number of benzene rings is 2. The lowest BCUT2D eigenvalue weighted by Crippen LogP contribution is -2.54. The van der Waals surface area contributed by atoms with Crippen molar-refractivity contribution in [3.63, 3.8) is 0 Å². The van der Waals surface area contributed by atoms with Crippen molar-refractivity contribution in [3.8, 4) is 11.5 Å². The van der Waals surface area contributed by atoms with Crippen molar-refractivity contribution in [2.24, 2.45) is 23.2 Å². The van der Waals surface area contributed by atoms with Gasteiger partial charge in [-0.2, -0.15) is 0 Å². The maximum absolute atomic E-state index is 13.1. The molecule has 4 aliphatic rings. The van der Waals surface area contributed by atoms with Crippen molar-refractivity contribution in [3.05, 3.63) is 58.4 Å². The third-order valence-electron chi connectivity index (χ3n) is 8.20. The first-order valence-corrected chi connectivity index (χ1v) is 12.3. The van der Waals surface area contributed by atoms with Gasteiger partial charge in [-0.3, -0.25) is 0 Å². The first-order chi connectivity index (χ1) is 15.4. The van der Waals surface area contributed by atoms with Gasteiger partial charge in [0, 0.05) is 12.6 Å². The van der Waals surface area contributed by atoms with Crippen LogP contribution in [0, 0.1) is 29.0 Å². The lowest BCUT2D eigenvalue weighted by molar-refractivity contribution is -0.0706. The minimum absolute atomic E-state index is 0.260. The average molecular weight is 458 g/mol. The highest BCUT2D eigenvalue weighted by Crippen LogP contribution is 2.61. The zero-order chi connectivity index (χ0) is 22.3. The van der Waals surface area contributed by atoms with E-state index in [0.717, 1.165) is 35.4 Å². The molecule has 4 saturated carbocycles. The summed E-state index contributed by atoms with van der Waals surface area (Å²) in [5.41, 5.74) is 2.44. The smallest absolute Gasteiger partial charge is 0.180 e. The van der Waals surface area contributed by atoms with Crippen molar-refractivity contribution in [1.29, 1.82) is 0 Å². The van der Waals surface area contributed by atoms with Gasteiger partial charge in [0.25, 0.3) is 0 Å². The molecule has 0 aliphatic heterocycles. The quantitative estimate of drug-likeness (QED) is 0.475. The van der Waals surface area contributed by atoms with E-state index in [1.54, 1.807) is 19.2 Å². The summed E-state index contributed by atoms with van der Waals surface area (Å²) >= 11 is 6.58. The Morgan fingerprint density at radius 2 is 1.66 bits per heavy atom. The number of rotatable bonds is 8. The predicted octanol–water partition coefficient (Wildman–Crippen LogP) is 6.76. The van der Waals surface area contributed by atoms with Gasteiger partial charge < -0.3 is 14.8 Å². The maximum Gasteiger partial charge on any atom is 0.180 e. The second kappa shape index (κ2) is 8.87. The Balaban J connectivity index is 1.24. The van der Waals surface area contributed by atoms with Gasteiger partial charge >= 0.3 is 0 Å². The van der Waals surface area contributed by atoms with Gasteiger partial charge in [0.05, 0.1) is 12.1 Å². The minimum Gasteiger partial charge on any atom is -0.493 e. The third kappa shape index (κ3) is 4.36. The highest BCUT2D eigenvalue weighted by molar-refractivity contribution is 6.32. The molecule has 0 saturated heterocycles. The fourth-order valence-corrected chi connectivity index (χ4v) is 7.23. The molecule has 3 nitrogen and oxygen atoms in total. The van der Waals surface area contributed by atoms with E-state index in [1.807, 2.05) is 12.1 Å². The van der Waals surface area contributed by atoms with E-state index in [9.17, 15) is 4.39 Å². The topological polar surface area (TPSA) is 30.5 Å². The molecule has 6 rings (SSSR count). The molecule has 2 aromatic rings. The van der Waals surface area contributed by atoms with E-state index in [0.29, 0.717) is 34.6 Å². The van der Waals surface area contributed by atoms with E-state index in [4.69, 9.17) is 21.1 Å². The van der Waals surface area contributed by atoms with Crippen molar-refractivity contribution >= 4 is 11.6 Å². The summed E-state index contributed by atoms with van der Waals surface area (Å²) in [6, 6.07) is 10.7. The van der Waals surface area contributed by atoms with Crippen LogP contribution in [0.5, 0.6) is 11.5 Å². The van der Waals surface area contributed by atoms with Gasteiger partial charge in [0.15, 0.2) is 11.5 Å². The monoisotopic (exact) mass is 457 g/mol. The van der Waals surface area contributed by atoms with Crippen LogP contribution < -0.4 is 14.8 Å². The van der Waals surface area contributed by atoms with Crippen LogP contribution in [0.3, 0.4) is 0 Å². The fourth-order valence-electron chi connectivity index (χ4n) is 6.95. The SMILES string of the molecule is COc1cc(CN[C@H](C)C23CC4CC(CC(C4)C2)C3)cc(Cl)c1OCc1ccc(F)cc1. The summed E-state index contributed by atoms with van der Waals surface area (Å²) in [4.78, 5) is 0. The Kier molecular flexibility index (Phi) is 6.11. The molecular weight excluding hydrogens is 425 g/mol. The Bertz CT molecular complexity index is 926. The van der Waals surface area contributed by atoms with Crippen LogP contribution in [-0.4, -0.2) is 13.2 Å². The molecule has 4 fully saturated rings. The molecule has 4 bridgehead atoms. The largest absolute Gasteiger partial charge is 0.493 e. The predicted molar refractivity (Wildman–Crippen MR) is 126 cm³/mol. The summed E-state index contributed by atoms with van der Waals surface area (Å²) in [6.07, 6.45) is 8.60. The van der Waals surface area contributed by atoms with E-state index >= 15 is 0 Å². The summed E-state index contributed by atoms with van der Waals surface area (Å²) in [7, 11) is 1.63. The van der Waals surface area contributed by atoms with Crippen molar-refractivity contribution in [1.82, 2.24) is 5.32 Å². The third-order valence-corrected chi connectivity index (χ3v) is 8.48. The number of methoxy groups -OCH3 is 1. The van der Waals surface area contributed by atoms with Crippen molar-refractivity contribution < 1.29 is 13.9 Å². The second-order valence-corrected chi connectivity index (χ2v) is 10.8. The summed E-state index contributed by atoms with van der Waals surface area (Å²) in [6.45, 7) is 3.44. The fraction of sp³-hybridized carbons (Fsp3) is 0.556. The molecular formula is C27H33ClFNO2. The highest BCUT2D eigenvalue weighted by atomic mass is 35.5. The highest BCUT2D eigenvalue weighted by Gasteiger charge is 2.52. The molecule has 32 heavy (non-hydrogen) atoms. The van der Waals surface area contributed by atoms with Gasteiger partial charge in [-0.25, -0.2) is 4.39 Å². The Labute approximate surface area is 195 Å². The molecule has 0 unspecified atom stereocenters. The molecule has 172 valence electrons. The van der Waals surface area contributed by atoms with Crippen LogP contribution in [-0.2, 0) is 13.2 Å². The van der Waals surface area contributed by atoms with Gasteiger partial charge in [-0.1, -0.05) is 23.7 Å². The Morgan fingerprint density at radius 3 is 2.25 bits per heavy atom. The van der Waals surface area contributed by atoms with Crippen molar-refractivity contribution in [2.75, 3.05) is 7.11 Å². The standard InChI is InChI=1S/C27H33ClFNO2/c1-17(27-12-19-7-20(13-27)9-21(8-19)14-27)30-15-22-10-24(28)26(25(11-22)31-2)32-16-18-3-5-23(29)6-4-18/h3-6,10-11,17,19-21,30H,7-9,12-16H2,1-2H3/t17-,19?,20?,21?,27?/m1/s1. The van der Waals surface area contributed by atoms with E-state index in [-0.39, 0.29) is 5.82 Å². The number of hydrogen-bond donors (Lipinski definition) is 1. The van der Waals surface area contributed by atoms with Crippen LogP contribution in [0.15, 0.2) is 36.4 Å². The van der Waals surface area contributed by atoms with Crippen LogP contribution >= 0.6 is 11.6 Å². The molecule has 1 N–H and O–H groups in total. The summed E-state index contributed by atoms with van der Waals surface area (Å²) in [5, 5.41) is 4.36. The molecule has 0 radical (unpaired) electrons. The summed E-state index contributed by atoms with van der Waals surface area (Å²) < 4.78 is 24.6. The summed E-state index contributed by atoms with van der Waals surface area (Å²) in [5.74, 6) is 3.76. The van der Waals surface area contributed by atoms with Crippen LogP contribution in [0.1, 0.15) is 56.6 Å². The molecule has 0 aromatic heterocycles. The second-order valence-electron chi connectivity index (χ2n) is 10.4. The molecule has 0 amide bonds. The zero-order valence-corrected chi connectivity index (χ0v) is 19.8. The normalized spacial score (nSPS) is 29.2.